The minimum Gasteiger partial charge on any atom is -0.433 e. The summed E-state index contributed by atoms with van der Waals surface area (Å²) in [5, 5.41) is 3.39. The first-order valence-electron chi connectivity index (χ1n) is 6.29. The maximum atomic E-state index is 12.1. The maximum absolute atomic E-state index is 12.1. The average Bonchev–Trinajstić information content (AvgIpc) is 2.31. The van der Waals surface area contributed by atoms with Crippen LogP contribution in [0.1, 0.15) is 27.2 Å². The third kappa shape index (κ3) is 5.51. The first-order chi connectivity index (χ1) is 9.23. The molecule has 20 heavy (non-hydrogen) atoms. The Morgan fingerprint density at radius 1 is 1.35 bits per heavy atom. The molecule has 0 aromatic heterocycles. The highest BCUT2D eigenvalue weighted by Crippen LogP contribution is 2.29. The average molecular weight is 308 g/mol. The fourth-order valence-electron chi connectivity index (χ4n) is 1.94. The molecule has 0 fully saturated rings. The molecule has 0 radical (unpaired) electrons. The summed E-state index contributed by atoms with van der Waals surface area (Å²) in [6.45, 7) is 3.13. The molecule has 0 aliphatic rings. The van der Waals surface area contributed by atoms with Crippen molar-refractivity contribution in [3.05, 3.63) is 23.2 Å². The van der Waals surface area contributed by atoms with Gasteiger partial charge in [-0.3, -0.25) is 0 Å². The molecule has 0 heterocycles. The predicted molar refractivity (Wildman–Crippen MR) is 76.9 cm³/mol. The highest BCUT2D eigenvalue weighted by molar-refractivity contribution is 6.32. The lowest BCUT2D eigenvalue weighted by atomic mass is 10.00. The van der Waals surface area contributed by atoms with Crippen molar-refractivity contribution in [1.82, 2.24) is 0 Å². The molecule has 1 rings (SSSR count). The summed E-state index contributed by atoms with van der Waals surface area (Å²) in [4.78, 5) is 0. The monoisotopic (exact) mass is 307 g/mol. The number of benzene rings is 1. The molecule has 0 spiro atoms. The van der Waals surface area contributed by atoms with Gasteiger partial charge in [-0.15, -0.1) is 0 Å². The van der Waals surface area contributed by atoms with Gasteiger partial charge in [0.1, 0.15) is 5.75 Å². The van der Waals surface area contributed by atoms with Crippen molar-refractivity contribution in [3.63, 3.8) is 0 Å². The molecule has 1 atom stereocenters. The fourth-order valence-corrected chi connectivity index (χ4v) is 2.16. The van der Waals surface area contributed by atoms with E-state index in [2.05, 4.69) is 10.1 Å². The molecule has 1 aromatic carbocycles. The fraction of sp³-hybridized carbons (Fsp3) is 0.571. The summed E-state index contributed by atoms with van der Waals surface area (Å²) in [5.41, 5.74) is 0.505. The van der Waals surface area contributed by atoms with Gasteiger partial charge in [0.2, 0.25) is 0 Å². The molecule has 0 amide bonds. The quantitative estimate of drug-likeness (QED) is 0.801. The molecule has 3 nitrogen and oxygen atoms in total. The van der Waals surface area contributed by atoms with Gasteiger partial charge >= 0.3 is 6.61 Å². The number of rotatable bonds is 7. The molecule has 0 aliphatic heterocycles. The van der Waals surface area contributed by atoms with E-state index in [0.717, 1.165) is 12.1 Å². The molecule has 114 valence electrons. The SMILES string of the molecule is COC(C)(C)CC(C)Nc1ccc(OC(F)F)c(Cl)c1. The second-order valence-corrected chi connectivity index (χ2v) is 5.64. The van der Waals surface area contributed by atoms with E-state index >= 15 is 0 Å². The lowest BCUT2D eigenvalue weighted by molar-refractivity contribution is -0.0497. The number of hydrogen-bond donors (Lipinski definition) is 1. The smallest absolute Gasteiger partial charge is 0.387 e. The highest BCUT2D eigenvalue weighted by atomic mass is 35.5. The normalized spacial score (nSPS) is 13.4. The summed E-state index contributed by atoms with van der Waals surface area (Å²) in [6, 6.07) is 4.78. The Morgan fingerprint density at radius 2 is 2.00 bits per heavy atom. The standard InChI is InChI=1S/C14H20ClF2NO2/c1-9(8-14(2,3)19-4)18-10-5-6-12(11(15)7-10)20-13(16)17/h5-7,9,13,18H,8H2,1-4H3. The van der Waals surface area contributed by atoms with E-state index in [1.165, 1.54) is 6.07 Å². The molecule has 0 aliphatic carbocycles. The summed E-state index contributed by atoms with van der Waals surface area (Å²) in [7, 11) is 1.67. The minimum absolute atomic E-state index is 0.0305. The number of hydrogen-bond acceptors (Lipinski definition) is 3. The van der Waals surface area contributed by atoms with E-state index in [4.69, 9.17) is 16.3 Å². The molecule has 1 aromatic rings. The van der Waals surface area contributed by atoms with Gasteiger partial charge < -0.3 is 14.8 Å². The van der Waals surface area contributed by atoms with E-state index in [1.54, 1.807) is 19.2 Å². The Kier molecular flexibility index (Phi) is 6.02. The van der Waals surface area contributed by atoms with Crippen molar-refractivity contribution in [2.45, 2.75) is 45.4 Å². The predicted octanol–water partition coefficient (Wildman–Crippen LogP) is 4.56. The number of halogens is 3. The van der Waals surface area contributed by atoms with Crippen LogP contribution in [0.5, 0.6) is 5.75 Å². The van der Waals surface area contributed by atoms with Gasteiger partial charge in [0.15, 0.2) is 0 Å². The summed E-state index contributed by atoms with van der Waals surface area (Å²) in [6.07, 6.45) is 0.788. The van der Waals surface area contributed by atoms with E-state index < -0.39 is 6.61 Å². The zero-order valence-electron chi connectivity index (χ0n) is 12.0. The van der Waals surface area contributed by atoms with Crippen LogP contribution in [0.3, 0.4) is 0 Å². The van der Waals surface area contributed by atoms with Crippen LogP contribution >= 0.6 is 11.6 Å². The molecule has 0 saturated carbocycles. The molecule has 0 bridgehead atoms. The zero-order valence-corrected chi connectivity index (χ0v) is 12.8. The number of methoxy groups -OCH3 is 1. The van der Waals surface area contributed by atoms with Gasteiger partial charge in [0, 0.05) is 18.8 Å². The minimum atomic E-state index is -2.88. The third-order valence-corrected chi connectivity index (χ3v) is 3.21. The van der Waals surface area contributed by atoms with E-state index in [1.807, 2.05) is 20.8 Å². The number of alkyl halides is 2. The Bertz CT molecular complexity index is 441. The van der Waals surface area contributed by atoms with Crippen LogP contribution in [-0.4, -0.2) is 25.4 Å². The van der Waals surface area contributed by atoms with Crippen LogP contribution in [0.2, 0.25) is 5.02 Å². The third-order valence-electron chi connectivity index (χ3n) is 2.91. The van der Waals surface area contributed by atoms with E-state index in [0.29, 0.717) is 0 Å². The van der Waals surface area contributed by atoms with Gasteiger partial charge in [-0.2, -0.15) is 8.78 Å². The lowest BCUT2D eigenvalue weighted by Crippen LogP contribution is -2.31. The molecule has 0 saturated heterocycles. The van der Waals surface area contributed by atoms with Crippen LogP contribution in [0, 0.1) is 0 Å². The van der Waals surface area contributed by atoms with Crippen LogP contribution in [0.25, 0.3) is 0 Å². The number of anilines is 1. The van der Waals surface area contributed by atoms with Crippen molar-refractivity contribution in [3.8, 4) is 5.75 Å². The number of nitrogens with one attached hydrogen (secondary N) is 1. The van der Waals surface area contributed by atoms with Crippen LogP contribution in [0.4, 0.5) is 14.5 Å². The Labute approximate surface area is 123 Å². The zero-order chi connectivity index (χ0) is 15.3. The molecule has 6 heteroatoms. The van der Waals surface area contributed by atoms with E-state index in [9.17, 15) is 8.78 Å². The van der Waals surface area contributed by atoms with Crippen molar-refractivity contribution < 1.29 is 18.3 Å². The Hall–Kier alpha value is -1.07. The van der Waals surface area contributed by atoms with Crippen molar-refractivity contribution in [1.29, 1.82) is 0 Å². The number of ether oxygens (including phenoxy) is 2. The van der Waals surface area contributed by atoms with Gasteiger partial charge in [0.25, 0.3) is 0 Å². The highest BCUT2D eigenvalue weighted by Gasteiger charge is 2.20. The van der Waals surface area contributed by atoms with Crippen LogP contribution in [0.15, 0.2) is 18.2 Å². The summed E-state index contributed by atoms with van der Waals surface area (Å²) in [5.74, 6) is -0.0305. The first kappa shape index (κ1) is 17.0. The van der Waals surface area contributed by atoms with Crippen LogP contribution in [-0.2, 0) is 4.74 Å². The van der Waals surface area contributed by atoms with Crippen molar-refractivity contribution in [2.24, 2.45) is 0 Å². The van der Waals surface area contributed by atoms with Gasteiger partial charge in [-0.1, -0.05) is 11.6 Å². The van der Waals surface area contributed by atoms with Crippen molar-refractivity contribution >= 4 is 17.3 Å². The second kappa shape index (κ2) is 7.09. The lowest BCUT2D eigenvalue weighted by Gasteiger charge is -2.27. The topological polar surface area (TPSA) is 30.5 Å². The Morgan fingerprint density at radius 3 is 2.50 bits per heavy atom. The second-order valence-electron chi connectivity index (χ2n) is 5.24. The van der Waals surface area contributed by atoms with Crippen LogP contribution < -0.4 is 10.1 Å². The maximum Gasteiger partial charge on any atom is 0.387 e. The molecule has 1 N–H and O–H groups in total. The molecular formula is C14H20ClF2NO2. The van der Waals surface area contributed by atoms with Gasteiger partial charge in [-0.25, -0.2) is 0 Å². The van der Waals surface area contributed by atoms with Crippen molar-refractivity contribution in [2.75, 3.05) is 12.4 Å². The van der Waals surface area contributed by atoms with Gasteiger partial charge in [-0.05, 0) is 45.4 Å². The molecular weight excluding hydrogens is 288 g/mol. The van der Waals surface area contributed by atoms with Gasteiger partial charge in [0.05, 0.1) is 10.6 Å². The first-order valence-corrected chi connectivity index (χ1v) is 6.67. The largest absolute Gasteiger partial charge is 0.433 e. The Balaban J connectivity index is 2.67. The summed E-state index contributed by atoms with van der Waals surface area (Å²) < 4.78 is 33.9. The summed E-state index contributed by atoms with van der Waals surface area (Å²) >= 11 is 5.89. The molecule has 1 unspecified atom stereocenters. The van der Waals surface area contributed by atoms with E-state index in [-0.39, 0.29) is 22.4 Å².